The highest BCUT2D eigenvalue weighted by molar-refractivity contribution is 7.90. The molecule has 1 aliphatic carbocycles. The summed E-state index contributed by atoms with van der Waals surface area (Å²) in [5.74, 6) is 0.404. The average Bonchev–Trinajstić information content (AvgIpc) is 3.18. The van der Waals surface area contributed by atoms with Crippen LogP contribution < -0.4 is 4.72 Å². The van der Waals surface area contributed by atoms with Crippen molar-refractivity contribution in [3.8, 4) is 0 Å². The van der Waals surface area contributed by atoms with E-state index in [4.69, 9.17) is 11.6 Å². The molecule has 0 unspecified atom stereocenters. The van der Waals surface area contributed by atoms with Crippen molar-refractivity contribution in [3.05, 3.63) is 23.0 Å². The summed E-state index contributed by atoms with van der Waals surface area (Å²) in [6, 6.07) is 3.58. The molecular formula is C11H12ClN5O2S. The van der Waals surface area contributed by atoms with Crippen molar-refractivity contribution in [2.75, 3.05) is 7.05 Å². The van der Waals surface area contributed by atoms with Gasteiger partial charge in [-0.1, -0.05) is 11.6 Å². The summed E-state index contributed by atoms with van der Waals surface area (Å²) < 4.78 is 27.9. The minimum atomic E-state index is -3.85. The van der Waals surface area contributed by atoms with Crippen LogP contribution in [-0.4, -0.2) is 36.4 Å². The van der Waals surface area contributed by atoms with Crippen LogP contribution in [-0.2, 0) is 10.0 Å². The molecule has 0 spiro atoms. The maximum absolute atomic E-state index is 12.2. The second kappa shape index (κ2) is 4.71. The Labute approximate surface area is 120 Å². The lowest BCUT2D eigenvalue weighted by molar-refractivity contribution is 0.584. The summed E-state index contributed by atoms with van der Waals surface area (Å²) in [5.41, 5.74) is 1.25. The van der Waals surface area contributed by atoms with E-state index in [2.05, 4.69) is 19.8 Å². The Bertz CT molecular complexity index is 794. The third-order valence-corrected chi connectivity index (χ3v) is 4.67. The second-order valence-corrected chi connectivity index (χ2v) is 6.51. The molecule has 2 heterocycles. The first-order valence-electron chi connectivity index (χ1n) is 6.01. The van der Waals surface area contributed by atoms with Gasteiger partial charge in [-0.25, -0.2) is 4.98 Å². The number of aliphatic imine (C=N–C) groups is 1. The van der Waals surface area contributed by atoms with Crippen molar-refractivity contribution in [1.82, 2.24) is 19.3 Å². The van der Waals surface area contributed by atoms with E-state index in [1.165, 1.54) is 11.6 Å². The number of nitrogens with zero attached hydrogens (tertiary/aromatic N) is 4. The van der Waals surface area contributed by atoms with Crippen LogP contribution in [0.25, 0.3) is 5.65 Å². The molecular weight excluding hydrogens is 302 g/mol. The predicted octanol–water partition coefficient (Wildman–Crippen LogP) is 1.20. The van der Waals surface area contributed by atoms with Crippen molar-refractivity contribution >= 4 is 33.6 Å². The highest BCUT2D eigenvalue weighted by Crippen LogP contribution is 2.39. The van der Waals surface area contributed by atoms with Gasteiger partial charge in [0.15, 0.2) is 10.8 Å². The normalized spacial score (nSPS) is 16.1. The first-order chi connectivity index (χ1) is 9.53. The second-order valence-electron chi connectivity index (χ2n) is 4.52. The molecule has 0 radical (unpaired) electrons. The molecule has 0 amide bonds. The maximum atomic E-state index is 12.2. The van der Waals surface area contributed by atoms with Crippen molar-refractivity contribution in [2.24, 2.45) is 4.99 Å². The van der Waals surface area contributed by atoms with Gasteiger partial charge < -0.3 is 0 Å². The molecule has 1 aliphatic rings. The summed E-state index contributed by atoms with van der Waals surface area (Å²) in [7, 11) is -2.39. The number of sulfonamides is 1. The molecule has 106 valence electrons. The first-order valence-corrected chi connectivity index (χ1v) is 7.87. The Morgan fingerprint density at radius 2 is 2.25 bits per heavy atom. The molecule has 0 atom stereocenters. The largest absolute Gasteiger partial charge is 0.283 e. The molecule has 0 aliphatic heterocycles. The van der Waals surface area contributed by atoms with Gasteiger partial charge in [0.25, 0.3) is 10.0 Å². The maximum Gasteiger partial charge on any atom is 0.283 e. The third kappa shape index (κ3) is 2.25. The van der Waals surface area contributed by atoms with E-state index in [0.717, 1.165) is 24.9 Å². The molecule has 1 fully saturated rings. The zero-order valence-corrected chi connectivity index (χ0v) is 12.2. The zero-order valence-electron chi connectivity index (χ0n) is 10.6. The van der Waals surface area contributed by atoms with Crippen molar-refractivity contribution < 1.29 is 8.42 Å². The fraction of sp³-hybridized carbons (Fsp3) is 0.364. The fourth-order valence-electron chi connectivity index (χ4n) is 1.90. The predicted molar refractivity (Wildman–Crippen MR) is 74.7 cm³/mol. The van der Waals surface area contributed by atoms with E-state index >= 15 is 0 Å². The number of fused-ring (bicyclic) bond motifs is 1. The minimum Gasteiger partial charge on any atom is -0.278 e. The number of rotatable bonds is 4. The summed E-state index contributed by atoms with van der Waals surface area (Å²) in [5, 5.41) is 4.06. The van der Waals surface area contributed by atoms with E-state index in [0.29, 0.717) is 11.6 Å². The van der Waals surface area contributed by atoms with E-state index < -0.39 is 10.0 Å². The van der Waals surface area contributed by atoms with Gasteiger partial charge in [-0.2, -0.15) is 18.0 Å². The van der Waals surface area contributed by atoms with E-state index in [-0.39, 0.29) is 10.2 Å². The van der Waals surface area contributed by atoms with Crippen molar-refractivity contribution in [1.29, 1.82) is 0 Å². The number of imidazole rings is 1. The van der Waals surface area contributed by atoms with Crippen LogP contribution in [0.5, 0.6) is 0 Å². The Kier molecular flexibility index (Phi) is 3.14. The van der Waals surface area contributed by atoms with Crippen LogP contribution in [0.3, 0.4) is 0 Å². The summed E-state index contributed by atoms with van der Waals surface area (Å²) >= 11 is 5.94. The molecule has 1 saturated carbocycles. The number of hydrogen-bond donors (Lipinski definition) is 1. The number of aromatic nitrogens is 3. The Morgan fingerprint density at radius 3 is 2.90 bits per heavy atom. The summed E-state index contributed by atoms with van der Waals surface area (Å²) in [4.78, 5) is 7.60. The molecule has 20 heavy (non-hydrogen) atoms. The van der Waals surface area contributed by atoms with Gasteiger partial charge in [-0.3, -0.25) is 9.71 Å². The van der Waals surface area contributed by atoms with Gasteiger partial charge in [-0.05, 0) is 25.0 Å². The van der Waals surface area contributed by atoms with Crippen molar-refractivity contribution in [3.63, 3.8) is 0 Å². The molecule has 1 N–H and O–H groups in total. The van der Waals surface area contributed by atoms with Gasteiger partial charge in [0.1, 0.15) is 0 Å². The molecule has 0 bridgehead atoms. The highest BCUT2D eigenvalue weighted by atomic mass is 35.5. The Morgan fingerprint density at radius 1 is 1.50 bits per heavy atom. The molecule has 7 nitrogen and oxygen atoms in total. The number of nitrogens with one attached hydrogen (secondary N) is 1. The standard InChI is InChI=1S/C11H12ClN5O2S/c1-13-6-14-20(18,19)11-10(12)15-9-5-4-8(7-2-3-7)16-17(9)11/h4-7H,2-3H2,1H3,(H,13,14). The minimum absolute atomic E-state index is 0.109. The van der Waals surface area contributed by atoms with Crippen LogP contribution >= 0.6 is 11.6 Å². The van der Waals surface area contributed by atoms with Gasteiger partial charge in [0, 0.05) is 13.0 Å². The smallest absolute Gasteiger partial charge is 0.278 e. The summed E-state index contributed by atoms with van der Waals surface area (Å²) in [6.07, 6.45) is 3.23. The van der Waals surface area contributed by atoms with E-state index in [1.807, 2.05) is 6.07 Å². The number of halogens is 1. The van der Waals surface area contributed by atoms with Gasteiger partial charge in [0.05, 0.1) is 12.0 Å². The first kappa shape index (κ1) is 13.3. The lowest BCUT2D eigenvalue weighted by atomic mass is 10.3. The third-order valence-electron chi connectivity index (χ3n) is 3.00. The van der Waals surface area contributed by atoms with Crippen LogP contribution in [0.4, 0.5) is 0 Å². The van der Waals surface area contributed by atoms with E-state index in [9.17, 15) is 8.42 Å². The Balaban J connectivity index is 2.18. The molecule has 9 heteroatoms. The van der Waals surface area contributed by atoms with Crippen LogP contribution in [0.2, 0.25) is 5.15 Å². The molecule has 0 aromatic carbocycles. The fourth-order valence-corrected chi connectivity index (χ4v) is 3.36. The molecule has 2 aromatic rings. The van der Waals surface area contributed by atoms with Gasteiger partial charge >= 0.3 is 0 Å². The number of hydrogen-bond acceptors (Lipinski definition) is 5. The summed E-state index contributed by atoms with van der Waals surface area (Å²) in [6.45, 7) is 0. The van der Waals surface area contributed by atoms with Crippen molar-refractivity contribution in [2.45, 2.75) is 23.8 Å². The monoisotopic (exact) mass is 313 g/mol. The lowest BCUT2D eigenvalue weighted by Crippen LogP contribution is -2.24. The average molecular weight is 314 g/mol. The molecule has 0 saturated heterocycles. The SMILES string of the molecule is CN=CNS(=O)(=O)c1c(Cl)nc2ccc(C3CC3)nn12. The van der Waals surface area contributed by atoms with Crippen LogP contribution in [0.1, 0.15) is 24.5 Å². The van der Waals surface area contributed by atoms with Crippen LogP contribution in [0, 0.1) is 0 Å². The molecule has 3 rings (SSSR count). The Hall–Kier alpha value is -1.67. The van der Waals surface area contributed by atoms with Gasteiger partial charge in [-0.15, -0.1) is 0 Å². The highest BCUT2D eigenvalue weighted by Gasteiger charge is 2.28. The van der Waals surface area contributed by atoms with Gasteiger partial charge in [0.2, 0.25) is 5.03 Å². The quantitative estimate of drug-likeness (QED) is 0.678. The lowest BCUT2D eigenvalue weighted by Gasteiger charge is -2.04. The topological polar surface area (TPSA) is 88.7 Å². The van der Waals surface area contributed by atoms with Crippen LogP contribution in [0.15, 0.2) is 22.2 Å². The van der Waals surface area contributed by atoms with E-state index in [1.54, 1.807) is 6.07 Å². The molecule has 2 aromatic heterocycles. The zero-order chi connectivity index (χ0) is 14.3.